The number of carbonyl (C=O) groups is 1. The van der Waals surface area contributed by atoms with Crippen molar-refractivity contribution in [1.82, 2.24) is 9.21 Å². The predicted octanol–water partition coefficient (Wildman–Crippen LogP) is 0.396. The highest BCUT2D eigenvalue weighted by molar-refractivity contribution is 7.89. The monoisotopic (exact) mass is 352 g/mol. The molecule has 1 fully saturated rings. The molecule has 1 aliphatic rings. The van der Waals surface area contributed by atoms with Gasteiger partial charge in [0.2, 0.25) is 15.9 Å². The van der Waals surface area contributed by atoms with Crippen LogP contribution in [0.2, 0.25) is 0 Å². The number of piperazine rings is 1. The molecular formula is C16H24N4O3S. The van der Waals surface area contributed by atoms with E-state index < -0.39 is 15.3 Å². The molecule has 1 heterocycles. The van der Waals surface area contributed by atoms with Crippen LogP contribution >= 0.6 is 0 Å². The molecule has 132 valence electrons. The maximum atomic E-state index is 12.4. The van der Waals surface area contributed by atoms with Crippen LogP contribution in [0.1, 0.15) is 25.0 Å². The molecule has 0 atom stereocenters. The van der Waals surface area contributed by atoms with Crippen LogP contribution < -0.4 is 5.73 Å². The first kappa shape index (κ1) is 18.4. The van der Waals surface area contributed by atoms with Crippen LogP contribution in [0, 0.1) is 5.41 Å². The lowest BCUT2D eigenvalue weighted by Gasteiger charge is -2.35. The fourth-order valence-corrected chi connectivity index (χ4v) is 3.85. The van der Waals surface area contributed by atoms with E-state index in [1.54, 1.807) is 43.0 Å². The third kappa shape index (κ3) is 4.12. The number of benzene rings is 1. The Balaban J connectivity index is 1.92. The summed E-state index contributed by atoms with van der Waals surface area (Å²) in [5, 5.41) is 6.91. The normalized spacial score (nSPS) is 16.4. The van der Waals surface area contributed by atoms with E-state index in [0.29, 0.717) is 31.7 Å². The molecule has 1 aliphatic heterocycles. The van der Waals surface area contributed by atoms with Crippen molar-refractivity contribution in [3.63, 3.8) is 0 Å². The Morgan fingerprint density at radius 3 is 2.17 bits per heavy atom. The minimum absolute atomic E-state index is 0.00430. The Kier molecular flexibility index (Phi) is 5.61. The van der Waals surface area contributed by atoms with Crippen molar-refractivity contribution in [1.29, 1.82) is 5.41 Å². The van der Waals surface area contributed by atoms with Gasteiger partial charge < -0.3 is 10.6 Å². The van der Waals surface area contributed by atoms with Gasteiger partial charge in [0, 0.05) is 31.7 Å². The zero-order chi connectivity index (χ0) is 17.9. The third-order valence-electron chi connectivity index (χ3n) is 4.17. The summed E-state index contributed by atoms with van der Waals surface area (Å²) in [5.74, 6) is -0.0254. The number of nitrogens with one attached hydrogen (secondary N) is 1. The summed E-state index contributed by atoms with van der Waals surface area (Å²) in [7, 11) is -3.26. The zero-order valence-corrected chi connectivity index (χ0v) is 14.8. The first-order valence-electron chi connectivity index (χ1n) is 7.92. The molecule has 8 heteroatoms. The number of hydrogen-bond acceptors (Lipinski definition) is 4. The average molecular weight is 352 g/mol. The molecule has 1 saturated heterocycles. The fourth-order valence-electron chi connectivity index (χ4n) is 2.58. The summed E-state index contributed by atoms with van der Waals surface area (Å²) in [6, 6.07) is 7.01. The van der Waals surface area contributed by atoms with Gasteiger partial charge in [0.25, 0.3) is 0 Å². The molecule has 0 unspecified atom stereocenters. The molecule has 1 amide bonds. The molecule has 1 aromatic carbocycles. The molecule has 2 rings (SSSR count). The Labute approximate surface area is 143 Å². The van der Waals surface area contributed by atoms with Gasteiger partial charge in [0.05, 0.1) is 11.7 Å². The summed E-state index contributed by atoms with van der Waals surface area (Å²) in [6.45, 7) is 4.84. The van der Waals surface area contributed by atoms with Crippen LogP contribution in [0.4, 0.5) is 0 Å². The summed E-state index contributed by atoms with van der Waals surface area (Å²) in [6.07, 6.45) is 0.259. The van der Waals surface area contributed by atoms with E-state index >= 15 is 0 Å². The van der Waals surface area contributed by atoms with Gasteiger partial charge in [-0.25, -0.2) is 8.42 Å². The minimum Gasteiger partial charge on any atom is -0.384 e. The number of carbonyl (C=O) groups excluding carboxylic acids is 1. The lowest BCUT2D eigenvalue weighted by molar-refractivity contribution is -0.131. The van der Waals surface area contributed by atoms with Crippen molar-refractivity contribution >= 4 is 21.8 Å². The highest BCUT2D eigenvalue weighted by atomic mass is 32.2. The highest BCUT2D eigenvalue weighted by Gasteiger charge is 2.30. The van der Waals surface area contributed by atoms with Crippen molar-refractivity contribution in [2.75, 3.05) is 26.2 Å². The average Bonchev–Trinajstić information content (AvgIpc) is 2.55. The summed E-state index contributed by atoms with van der Waals surface area (Å²) >= 11 is 0. The first-order valence-corrected chi connectivity index (χ1v) is 9.42. The maximum absolute atomic E-state index is 12.4. The number of hydrogen-bond donors (Lipinski definition) is 2. The van der Waals surface area contributed by atoms with Crippen molar-refractivity contribution in [3.8, 4) is 0 Å². The van der Waals surface area contributed by atoms with Gasteiger partial charge in [0.15, 0.2) is 0 Å². The number of amidine groups is 1. The van der Waals surface area contributed by atoms with Crippen molar-refractivity contribution < 1.29 is 13.2 Å². The molecule has 0 saturated carbocycles. The Morgan fingerprint density at radius 2 is 1.71 bits per heavy atom. The third-order valence-corrected chi connectivity index (χ3v) is 6.44. The fraction of sp³-hybridized carbons (Fsp3) is 0.500. The highest BCUT2D eigenvalue weighted by Crippen LogP contribution is 2.14. The van der Waals surface area contributed by atoms with Gasteiger partial charge >= 0.3 is 0 Å². The van der Waals surface area contributed by atoms with Gasteiger partial charge in [-0.05, 0) is 19.4 Å². The molecule has 24 heavy (non-hydrogen) atoms. The first-order chi connectivity index (χ1) is 11.2. The van der Waals surface area contributed by atoms with Gasteiger partial charge in [0.1, 0.15) is 5.84 Å². The number of rotatable bonds is 5. The number of nitrogens with zero attached hydrogens (tertiary/aromatic N) is 2. The van der Waals surface area contributed by atoms with E-state index in [1.807, 2.05) is 0 Å². The number of nitrogen functional groups attached to an aromatic ring is 1. The second kappa shape index (κ2) is 7.31. The topological polar surface area (TPSA) is 108 Å². The molecule has 3 N–H and O–H groups in total. The van der Waals surface area contributed by atoms with Crippen molar-refractivity contribution in [3.05, 3.63) is 35.4 Å². The summed E-state index contributed by atoms with van der Waals surface area (Å²) in [5.41, 5.74) is 6.88. The summed E-state index contributed by atoms with van der Waals surface area (Å²) in [4.78, 5) is 14.1. The van der Waals surface area contributed by atoms with E-state index in [4.69, 9.17) is 11.1 Å². The van der Waals surface area contributed by atoms with Crippen molar-refractivity contribution in [2.45, 2.75) is 25.5 Å². The number of nitrogens with two attached hydrogens (primary N) is 1. The van der Waals surface area contributed by atoms with E-state index in [0.717, 1.165) is 5.56 Å². The van der Waals surface area contributed by atoms with E-state index in [2.05, 4.69) is 0 Å². The van der Waals surface area contributed by atoms with Gasteiger partial charge in [-0.15, -0.1) is 0 Å². The van der Waals surface area contributed by atoms with Crippen LogP contribution in [0.3, 0.4) is 0 Å². The quantitative estimate of drug-likeness (QED) is 0.590. The maximum Gasteiger partial charge on any atom is 0.227 e. The molecule has 7 nitrogen and oxygen atoms in total. The SMILES string of the molecule is CC(C)S(=O)(=O)N1CCN(C(=O)Cc2ccc(C(=N)N)cc2)CC1. The molecule has 0 aromatic heterocycles. The van der Waals surface area contributed by atoms with E-state index in [1.165, 1.54) is 4.31 Å². The smallest absolute Gasteiger partial charge is 0.227 e. The van der Waals surface area contributed by atoms with Crippen molar-refractivity contribution in [2.24, 2.45) is 5.73 Å². The Bertz CT molecular complexity index is 705. The molecule has 0 bridgehead atoms. The lowest BCUT2D eigenvalue weighted by Crippen LogP contribution is -2.52. The molecule has 0 radical (unpaired) electrons. The van der Waals surface area contributed by atoms with Crippen LogP contribution in [0.5, 0.6) is 0 Å². The number of sulfonamides is 1. The van der Waals surface area contributed by atoms with Crippen LogP contribution in [-0.4, -0.2) is 60.8 Å². The second-order valence-corrected chi connectivity index (χ2v) is 8.65. The Morgan fingerprint density at radius 1 is 1.17 bits per heavy atom. The molecule has 0 aliphatic carbocycles. The Hall–Kier alpha value is -1.93. The van der Waals surface area contributed by atoms with Crippen LogP contribution in [0.25, 0.3) is 0 Å². The van der Waals surface area contributed by atoms with Crippen LogP contribution in [-0.2, 0) is 21.2 Å². The second-order valence-electron chi connectivity index (χ2n) is 6.16. The van der Waals surface area contributed by atoms with Gasteiger partial charge in [-0.3, -0.25) is 10.2 Å². The minimum atomic E-state index is -3.26. The predicted molar refractivity (Wildman–Crippen MR) is 93.4 cm³/mol. The molecular weight excluding hydrogens is 328 g/mol. The standard InChI is InChI=1S/C16H24N4O3S/c1-12(2)24(22,23)20-9-7-19(8-10-20)15(21)11-13-3-5-14(6-4-13)16(17)18/h3-6,12H,7-11H2,1-2H3,(H3,17,18). The number of amides is 1. The zero-order valence-electron chi connectivity index (χ0n) is 14.0. The van der Waals surface area contributed by atoms with Gasteiger partial charge in [-0.2, -0.15) is 4.31 Å². The lowest BCUT2D eigenvalue weighted by atomic mass is 10.1. The molecule has 0 spiro atoms. The van der Waals surface area contributed by atoms with Gasteiger partial charge in [-0.1, -0.05) is 24.3 Å². The molecule has 1 aromatic rings. The van der Waals surface area contributed by atoms with Crippen LogP contribution in [0.15, 0.2) is 24.3 Å². The summed E-state index contributed by atoms with van der Waals surface area (Å²) < 4.78 is 25.7. The van der Waals surface area contributed by atoms with E-state index in [9.17, 15) is 13.2 Å². The van der Waals surface area contributed by atoms with E-state index in [-0.39, 0.29) is 18.2 Å². The largest absolute Gasteiger partial charge is 0.384 e.